The van der Waals surface area contributed by atoms with Crippen LogP contribution in [0.25, 0.3) is 0 Å². The molecule has 2 atom stereocenters. The first-order chi connectivity index (χ1) is 17.8. The Labute approximate surface area is 226 Å². The molecule has 2 aromatic carbocycles. The van der Waals surface area contributed by atoms with Crippen LogP contribution < -0.4 is 0 Å². The Morgan fingerprint density at radius 2 is 1.97 bits per heavy atom. The first-order valence-electron chi connectivity index (χ1n) is 13.4. The number of allylic oxidation sites excluding steroid dienone is 3. The summed E-state index contributed by atoms with van der Waals surface area (Å²) >= 11 is 0. The first kappa shape index (κ1) is 27.8. The van der Waals surface area contributed by atoms with Crippen molar-refractivity contribution in [3.63, 3.8) is 0 Å². The van der Waals surface area contributed by atoms with Crippen molar-refractivity contribution in [2.75, 3.05) is 13.1 Å². The molecule has 4 rings (SSSR count). The van der Waals surface area contributed by atoms with E-state index in [1.807, 2.05) is 19.1 Å². The molecule has 2 unspecified atom stereocenters. The zero-order valence-corrected chi connectivity index (χ0v) is 23.5. The van der Waals surface area contributed by atoms with Crippen LogP contribution in [-0.4, -0.2) is 34.7 Å². The molecule has 0 bridgehead atoms. The number of carbonyl (C=O) groups is 1. The van der Waals surface area contributed by atoms with Crippen molar-refractivity contribution < 1.29 is 19.0 Å². The topological polar surface area (TPSA) is 49.8 Å². The Kier molecular flexibility index (Phi) is 7.72. The molecule has 1 heterocycles. The molecule has 0 radical (unpaired) electrons. The van der Waals surface area contributed by atoms with E-state index in [1.54, 1.807) is 26.0 Å². The normalized spacial score (nSPS) is 20.7. The lowest BCUT2D eigenvalue weighted by atomic mass is 9.70. The summed E-state index contributed by atoms with van der Waals surface area (Å²) in [5.74, 6) is -0.729. The summed E-state index contributed by atoms with van der Waals surface area (Å²) in [6.45, 7) is 17.1. The maximum Gasteiger partial charge on any atom is 0.310 e. The van der Waals surface area contributed by atoms with Gasteiger partial charge in [0.05, 0.1) is 5.41 Å². The monoisotopic (exact) mass is 517 g/mol. The van der Waals surface area contributed by atoms with Gasteiger partial charge in [0.1, 0.15) is 17.2 Å². The Morgan fingerprint density at radius 3 is 2.63 bits per heavy atom. The lowest BCUT2D eigenvalue weighted by Crippen LogP contribution is -2.40. The minimum Gasteiger partial charge on any atom is -0.487 e. The quantitative estimate of drug-likeness (QED) is 0.387. The van der Waals surface area contributed by atoms with E-state index >= 15 is 0 Å². The number of aryl methyl sites for hydroxylation is 2. The number of ether oxygens (including phenoxy) is 1. The van der Waals surface area contributed by atoms with Gasteiger partial charge in [-0.25, -0.2) is 4.39 Å². The van der Waals surface area contributed by atoms with E-state index in [2.05, 4.69) is 50.4 Å². The fourth-order valence-corrected chi connectivity index (χ4v) is 6.13. The van der Waals surface area contributed by atoms with E-state index < -0.39 is 17.3 Å². The van der Waals surface area contributed by atoms with Crippen LogP contribution >= 0.6 is 0 Å². The van der Waals surface area contributed by atoms with Crippen molar-refractivity contribution >= 4 is 5.97 Å². The summed E-state index contributed by atoms with van der Waals surface area (Å²) in [4.78, 5) is 15.0. The molecule has 0 amide bonds. The number of hydrogen-bond donors (Lipinski definition) is 1. The van der Waals surface area contributed by atoms with Gasteiger partial charge in [0.25, 0.3) is 0 Å². The highest BCUT2D eigenvalue weighted by Gasteiger charge is 2.41. The molecule has 1 aliphatic carbocycles. The second-order valence-corrected chi connectivity index (χ2v) is 12.0. The molecule has 0 fully saturated rings. The lowest BCUT2D eigenvalue weighted by molar-refractivity contribution is -0.147. The highest BCUT2D eigenvalue weighted by atomic mass is 19.1. The van der Waals surface area contributed by atoms with E-state index in [1.165, 1.54) is 28.8 Å². The standard InChI is InChI=1S/C33H40FNO3/c1-8-9-10-29-22(3)19-35(20-32(4,5)38-29)28-16-13-23-11-12-24(18-27(23)28)30(33(6,7)31(36)37)26-15-14-25(34)17-21(26)2/h8-12,14-15,17-18,28,30H,1,13,16,19-20H2,2-7H3,(H,36,37)/b10-9-. The van der Waals surface area contributed by atoms with Crippen molar-refractivity contribution in [2.45, 2.75) is 71.9 Å². The maximum absolute atomic E-state index is 14.0. The number of nitrogens with zero attached hydrogens (tertiary/aromatic N) is 1. The molecule has 2 aromatic rings. The predicted octanol–water partition coefficient (Wildman–Crippen LogP) is 7.49. The smallest absolute Gasteiger partial charge is 0.310 e. The third-order valence-corrected chi connectivity index (χ3v) is 8.02. The Morgan fingerprint density at radius 1 is 1.24 bits per heavy atom. The second kappa shape index (κ2) is 10.5. The number of halogens is 1. The van der Waals surface area contributed by atoms with Gasteiger partial charge < -0.3 is 9.84 Å². The average molecular weight is 518 g/mol. The van der Waals surface area contributed by atoms with Gasteiger partial charge in [-0.05, 0) is 106 Å². The molecule has 5 heteroatoms. The maximum atomic E-state index is 14.0. The number of rotatable bonds is 7. The molecule has 202 valence electrons. The molecule has 4 nitrogen and oxygen atoms in total. The molecular weight excluding hydrogens is 477 g/mol. The van der Waals surface area contributed by atoms with E-state index in [0.29, 0.717) is 0 Å². The Balaban J connectivity index is 1.78. The molecule has 38 heavy (non-hydrogen) atoms. The van der Waals surface area contributed by atoms with Crippen LogP contribution in [0, 0.1) is 18.2 Å². The molecule has 0 spiro atoms. The van der Waals surface area contributed by atoms with Gasteiger partial charge in [-0.15, -0.1) is 0 Å². The van der Waals surface area contributed by atoms with Crippen LogP contribution in [0.2, 0.25) is 0 Å². The first-order valence-corrected chi connectivity index (χ1v) is 13.4. The van der Waals surface area contributed by atoms with Gasteiger partial charge in [0, 0.05) is 25.0 Å². The van der Waals surface area contributed by atoms with Crippen LogP contribution in [0.4, 0.5) is 4.39 Å². The highest BCUT2D eigenvalue weighted by Crippen LogP contribution is 2.46. The van der Waals surface area contributed by atoms with Crippen molar-refractivity contribution in [3.8, 4) is 0 Å². The zero-order chi connectivity index (χ0) is 27.8. The minimum absolute atomic E-state index is 0.202. The largest absolute Gasteiger partial charge is 0.487 e. The molecule has 0 saturated heterocycles. The molecule has 0 saturated carbocycles. The molecular formula is C33H40FNO3. The number of benzene rings is 2. The van der Waals surface area contributed by atoms with E-state index in [9.17, 15) is 14.3 Å². The fourth-order valence-electron chi connectivity index (χ4n) is 6.13. The summed E-state index contributed by atoms with van der Waals surface area (Å²) in [5.41, 5.74) is 4.81. The van der Waals surface area contributed by atoms with Crippen molar-refractivity contribution in [1.82, 2.24) is 4.90 Å². The lowest BCUT2D eigenvalue weighted by Gasteiger charge is -2.35. The zero-order valence-electron chi connectivity index (χ0n) is 23.5. The SMILES string of the molecule is C=C/C=C\C1=C(C)CN(C2CCc3ccc(C(c4ccc(F)cc4C)C(C)(C)C(=O)O)cc32)CC(C)(C)O1. The fraction of sp³-hybridized carbons (Fsp3) is 0.424. The van der Waals surface area contributed by atoms with Crippen molar-refractivity contribution in [3.05, 3.63) is 106 Å². The summed E-state index contributed by atoms with van der Waals surface area (Å²) < 4.78 is 20.4. The number of fused-ring (bicyclic) bond motifs is 1. The highest BCUT2D eigenvalue weighted by molar-refractivity contribution is 5.76. The van der Waals surface area contributed by atoms with Gasteiger partial charge in [0.2, 0.25) is 0 Å². The number of carboxylic acids is 1. The van der Waals surface area contributed by atoms with Crippen molar-refractivity contribution in [1.29, 1.82) is 0 Å². The van der Waals surface area contributed by atoms with Crippen LogP contribution in [0.1, 0.15) is 80.8 Å². The van der Waals surface area contributed by atoms with Gasteiger partial charge >= 0.3 is 5.97 Å². The van der Waals surface area contributed by atoms with Crippen molar-refractivity contribution in [2.24, 2.45) is 5.41 Å². The Bertz CT molecular complexity index is 1300. The number of hydrogen-bond acceptors (Lipinski definition) is 3. The third-order valence-electron chi connectivity index (χ3n) is 8.02. The summed E-state index contributed by atoms with van der Waals surface area (Å²) in [6, 6.07) is 11.3. The van der Waals surface area contributed by atoms with Crippen LogP contribution in [-0.2, 0) is 16.0 Å². The van der Waals surface area contributed by atoms with Crippen LogP contribution in [0.3, 0.4) is 0 Å². The summed E-state index contributed by atoms with van der Waals surface area (Å²) in [6.07, 6.45) is 7.63. The van der Waals surface area contributed by atoms with Gasteiger partial charge in [-0.3, -0.25) is 9.69 Å². The van der Waals surface area contributed by atoms with E-state index in [-0.39, 0.29) is 17.5 Å². The summed E-state index contributed by atoms with van der Waals surface area (Å²) in [7, 11) is 0. The van der Waals surface area contributed by atoms with Gasteiger partial charge in [-0.1, -0.05) is 43.0 Å². The molecule has 1 aliphatic heterocycles. The predicted molar refractivity (Wildman–Crippen MR) is 151 cm³/mol. The van der Waals surface area contributed by atoms with E-state index in [0.717, 1.165) is 48.4 Å². The molecule has 1 N–H and O–H groups in total. The molecule has 2 aliphatic rings. The Hall–Kier alpha value is -3.18. The van der Waals surface area contributed by atoms with Crippen LogP contribution in [0.5, 0.6) is 0 Å². The third kappa shape index (κ3) is 5.49. The molecule has 0 aromatic heterocycles. The van der Waals surface area contributed by atoms with Gasteiger partial charge in [0.15, 0.2) is 0 Å². The number of aliphatic carboxylic acids is 1. The summed E-state index contributed by atoms with van der Waals surface area (Å²) in [5, 5.41) is 10.2. The van der Waals surface area contributed by atoms with E-state index in [4.69, 9.17) is 4.74 Å². The second-order valence-electron chi connectivity index (χ2n) is 12.0. The average Bonchev–Trinajstić information content (AvgIpc) is 3.21. The minimum atomic E-state index is -1.09. The van der Waals surface area contributed by atoms with Crippen LogP contribution in [0.15, 0.2) is 72.5 Å². The number of carboxylic acid groups (broad SMARTS) is 1. The van der Waals surface area contributed by atoms with Gasteiger partial charge in [-0.2, -0.15) is 0 Å².